The Hall–Kier alpha value is -1.32. The summed E-state index contributed by atoms with van der Waals surface area (Å²) < 4.78 is 6.96. The van der Waals surface area contributed by atoms with Gasteiger partial charge in [0.15, 0.2) is 0 Å². The topological polar surface area (TPSA) is 35.2 Å². The Morgan fingerprint density at radius 2 is 1.90 bits per heavy atom. The normalized spacial score (nSPS) is 12.2. The number of halogens is 1. The molecule has 2 aromatic rings. The first-order chi connectivity index (χ1) is 9.47. The summed E-state index contributed by atoms with van der Waals surface area (Å²) in [5, 5.41) is 0. The van der Waals surface area contributed by atoms with E-state index in [9.17, 15) is 0 Å². The molecular weight excluding hydrogens is 314 g/mol. The summed E-state index contributed by atoms with van der Waals surface area (Å²) in [7, 11) is 0. The standard InChI is InChI=1S/C17H20BrNO/c1-11-5-4-6-16(13(11)3)20-17-8-7-14(9-12(2)19)10-15(17)18/h4-8,10,12H,9,19H2,1-3H3. The first-order valence-corrected chi connectivity index (χ1v) is 7.54. The fourth-order valence-corrected chi connectivity index (χ4v) is 2.59. The van der Waals surface area contributed by atoms with E-state index in [0.29, 0.717) is 0 Å². The Balaban J connectivity index is 2.24. The van der Waals surface area contributed by atoms with Crippen LogP contribution in [0.5, 0.6) is 11.5 Å². The Kier molecular flexibility index (Phi) is 4.84. The molecule has 2 rings (SSSR count). The third-order valence-corrected chi connectivity index (χ3v) is 3.95. The highest BCUT2D eigenvalue weighted by Crippen LogP contribution is 2.33. The Morgan fingerprint density at radius 3 is 2.55 bits per heavy atom. The van der Waals surface area contributed by atoms with Crippen molar-refractivity contribution in [1.82, 2.24) is 0 Å². The van der Waals surface area contributed by atoms with Crippen molar-refractivity contribution >= 4 is 15.9 Å². The van der Waals surface area contributed by atoms with Gasteiger partial charge in [0.1, 0.15) is 11.5 Å². The van der Waals surface area contributed by atoms with Gasteiger partial charge in [-0.3, -0.25) is 0 Å². The SMILES string of the molecule is Cc1cccc(Oc2ccc(CC(C)N)cc2Br)c1C. The lowest BCUT2D eigenvalue weighted by atomic mass is 10.1. The van der Waals surface area contributed by atoms with E-state index in [1.54, 1.807) is 0 Å². The molecule has 0 aliphatic carbocycles. The molecule has 2 N–H and O–H groups in total. The second-order valence-electron chi connectivity index (χ2n) is 5.25. The van der Waals surface area contributed by atoms with Crippen LogP contribution in [0.1, 0.15) is 23.6 Å². The van der Waals surface area contributed by atoms with Crippen molar-refractivity contribution in [2.24, 2.45) is 5.73 Å². The fourth-order valence-electron chi connectivity index (χ4n) is 2.08. The van der Waals surface area contributed by atoms with E-state index in [0.717, 1.165) is 22.4 Å². The van der Waals surface area contributed by atoms with Crippen molar-refractivity contribution in [2.45, 2.75) is 33.2 Å². The van der Waals surface area contributed by atoms with Crippen molar-refractivity contribution < 1.29 is 4.74 Å². The number of ether oxygens (including phenoxy) is 1. The molecule has 20 heavy (non-hydrogen) atoms. The van der Waals surface area contributed by atoms with Gasteiger partial charge in [0.25, 0.3) is 0 Å². The van der Waals surface area contributed by atoms with Crippen molar-refractivity contribution in [1.29, 1.82) is 0 Å². The molecule has 0 radical (unpaired) electrons. The first kappa shape index (κ1) is 15.1. The summed E-state index contributed by atoms with van der Waals surface area (Å²) in [6, 6.07) is 12.4. The maximum absolute atomic E-state index is 6.00. The lowest BCUT2D eigenvalue weighted by Gasteiger charge is -2.13. The number of nitrogens with two attached hydrogens (primary N) is 1. The zero-order chi connectivity index (χ0) is 14.7. The Bertz CT molecular complexity index is 608. The molecule has 0 heterocycles. The van der Waals surface area contributed by atoms with Crippen LogP contribution in [0.25, 0.3) is 0 Å². The molecule has 0 amide bonds. The molecule has 0 aliphatic heterocycles. The molecule has 0 saturated heterocycles. The second-order valence-corrected chi connectivity index (χ2v) is 6.10. The fraction of sp³-hybridized carbons (Fsp3) is 0.294. The Morgan fingerprint density at radius 1 is 1.15 bits per heavy atom. The summed E-state index contributed by atoms with van der Waals surface area (Å²) in [5.41, 5.74) is 9.43. The van der Waals surface area contributed by atoms with Crippen LogP contribution in [0.4, 0.5) is 0 Å². The molecule has 1 unspecified atom stereocenters. The zero-order valence-corrected chi connectivity index (χ0v) is 13.7. The van der Waals surface area contributed by atoms with Crippen LogP contribution < -0.4 is 10.5 Å². The monoisotopic (exact) mass is 333 g/mol. The van der Waals surface area contributed by atoms with E-state index >= 15 is 0 Å². The van der Waals surface area contributed by atoms with Gasteiger partial charge in [0.05, 0.1) is 4.47 Å². The number of aryl methyl sites for hydroxylation is 1. The van der Waals surface area contributed by atoms with Gasteiger partial charge in [-0.2, -0.15) is 0 Å². The van der Waals surface area contributed by atoms with Gasteiger partial charge in [-0.05, 0) is 78.0 Å². The van der Waals surface area contributed by atoms with Crippen LogP contribution in [-0.4, -0.2) is 6.04 Å². The molecule has 0 saturated carbocycles. The van der Waals surface area contributed by atoms with Crippen molar-refractivity contribution in [2.75, 3.05) is 0 Å². The average Bonchev–Trinajstić information content (AvgIpc) is 2.37. The number of rotatable bonds is 4. The van der Waals surface area contributed by atoms with Crippen molar-refractivity contribution in [3.63, 3.8) is 0 Å². The molecule has 0 spiro atoms. The van der Waals surface area contributed by atoms with Crippen LogP contribution in [0.15, 0.2) is 40.9 Å². The molecule has 3 heteroatoms. The lowest BCUT2D eigenvalue weighted by Crippen LogP contribution is -2.17. The van der Waals surface area contributed by atoms with Gasteiger partial charge in [-0.1, -0.05) is 18.2 Å². The predicted molar refractivity (Wildman–Crippen MR) is 87.5 cm³/mol. The van der Waals surface area contributed by atoms with Gasteiger partial charge < -0.3 is 10.5 Å². The average molecular weight is 334 g/mol. The van der Waals surface area contributed by atoms with E-state index < -0.39 is 0 Å². The first-order valence-electron chi connectivity index (χ1n) is 6.75. The maximum Gasteiger partial charge on any atom is 0.141 e. The van der Waals surface area contributed by atoms with Gasteiger partial charge >= 0.3 is 0 Å². The summed E-state index contributed by atoms with van der Waals surface area (Å²) >= 11 is 3.57. The summed E-state index contributed by atoms with van der Waals surface area (Å²) in [6.45, 7) is 6.17. The van der Waals surface area contributed by atoms with Crippen LogP contribution in [-0.2, 0) is 6.42 Å². The van der Waals surface area contributed by atoms with Crippen LogP contribution in [0.3, 0.4) is 0 Å². The molecule has 0 aliphatic rings. The molecule has 0 bridgehead atoms. The van der Waals surface area contributed by atoms with E-state index in [4.69, 9.17) is 10.5 Å². The zero-order valence-electron chi connectivity index (χ0n) is 12.1. The highest BCUT2D eigenvalue weighted by molar-refractivity contribution is 9.10. The van der Waals surface area contributed by atoms with Crippen LogP contribution in [0, 0.1) is 13.8 Å². The molecule has 0 fully saturated rings. The number of hydrogen-bond donors (Lipinski definition) is 1. The molecular formula is C17H20BrNO. The minimum atomic E-state index is 0.160. The third kappa shape index (κ3) is 3.62. The van der Waals surface area contributed by atoms with Gasteiger partial charge in [-0.25, -0.2) is 0 Å². The van der Waals surface area contributed by atoms with Crippen molar-refractivity contribution in [3.05, 3.63) is 57.6 Å². The molecule has 1 atom stereocenters. The molecule has 0 aromatic heterocycles. The molecule has 2 aromatic carbocycles. The van der Waals surface area contributed by atoms with Crippen LogP contribution in [0.2, 0.25) is 0 Å². The number of hydrogen-bond acceptors (Lipinski definition) is 2. The van der Waals surface area contributed by atoms with Gasteiger partial charge in [0.2, 0.25) is 0 Å². The Labute approximate surface area is 129 Å². The predicted octanol–water partition coefficient (Wildman–Crippen LogP) is 4.75. The minimum Gasteiger partial charge on any atom is -0.456 e. The van der Waals surface area contributed by atoms with Gasteiger partial charge in [0, 0.05) is 6.04 Å². The maximum atomic E-state index is 6.00. The highest BCUT2D eigenvalue weighted by Gasteiger charge is 2.08. The second kappa shape index (κ2) is 6.42. The van der Waals surface area contributed by atoms with Crippen LogP contribution >= 0.6 is 15.9 Å². The van der Waals surface area contributed by atoms with E-state index in [2.05, 4.69) is 48.0 Å². The quantitative estimate of drug-likeness (QED) is 0.876. The molecule has 106 valence electrons. The van der Waals surface area contributed by atoms with E-state index in [1.807, 2.05) is 25.1 Å². The summed E-state index contributed by atoms with van der Waals surface area (Å²) in [6.07, 6.45) is 0.863. The van der Waals surface area contributed by atoms with E-state index in [-0.39, 0.29) is 6.04 Å². The summed E-state index contributed by atoms with van der Waals surface area (Å²) in [4.78, 5) is 0. The lowest BCUT2D eigenvalue weighted by molar-refractivity contribution is 0.475. The third-order valence-electron chi connectivity index (χ3n) is 3.33. The highest BCUT2D eigenvalue weighted by atomic mass is 79.9. The van der Waals surface area contributed by atoms with Crippen molar-refractivity contribution in [3.8, 4) is 11.5 Å². The van der Waals surface area contributed by atoms with Gasteiger partial charge in [-0.15, -0.1) is 0 Å². The molecule has 2 nitrogen and oxygen atoms in total. The van der Waals surface area contributed by atoms with E-state index in [1.165, 1.54) is 16.7 Å². The minimum absolute atomic E-state index is 0.160. The largest absolute Gasteiger partial charge is 0.456 e. The summed E-state index contributed by atoms with van der Waals surface area (Å²) in [5.74, 6) is 1.72. The smallest absolute Gasteiger partial charge is 0.141 e. The number of benzene rings is 2.